The predicted octanol–water partition coefficient (Wildman–Crippen LogP) is 4.88. The fourth-order valence-corrected chi connectivity index (χ4v) is 4.05. The molecule has 1 amide bonds. The van der Waals surface area contributed by atoms with Crippen molar-refractivity contribution in [2.75, 3.05) is 37.0 Å². The van der Waals surface area contributed by atoms with Crippen LogP contribution in [0.5, 0.6) is 0 Å². The lowest BCUT2D eigenvalue weighted by Gasteiger charge is -2.20. The zero-order valence-corrected chi connectivity index (χ0v) is 17.7. The van der Waals surface area contributed by atoms with Crippen LogP contribution >= 0.6 is 11.6 Å². The van der Waals surface area contributed by atoms with Crippen molar-refractivity contribution in [1.82, 2.24) is 0 Å². The molecule has 0 radical (unpaired) electrons. The molecule has 1 N–H and O–H groups in total. The van der Waals surface area contributed by atoms with E-state index in [2.05, 4.69) is 5.32 Å². The number of halogens is 4. The van der Waals surface area contributed by atoms with Crippen molar-refractivity contribution in [2.45, 2.75) is 13.1 Å². The highest BCUT2D eigenvalue weighted by atomic mass is 35.5. The van der Waals surface area contributed by atoms with E-state index in [1.165, 1.54) is 13.2 Å². The van der Waals surface area contributed by atoms with Crippen molar-refractivity contribution < 1.29 is 22.7 Å². The Morgan fingerprint density at radius 2 is 2.03 bits per heavy atom. The molecule has 5 nitrogen and oxygen atoms in total. The number of rotatable bonds is 5. The Kier molecular flexibility index (Phi) is 6.77. The summed E-state index contributed by atoms with van der Waals surface area (Å²) in [5.41, 5.74) is 0.302. The Hall–Kier alpha value is -2.76. The average molecular weight is 452 g/mol. The van der Waals surface area contributed by atoms with Gasteiger partial charge in [0.25, 0.3) is 0 Å². The van der Waals surface area contributed by atoms with Crippen molar-refractivity contribution >= 4 is 28.9 Å². The minimum Gasteiger partial charge on any atom is -0.384 e. The molecule has 31 heavy (non-hydrogen) atoms. The van der Waals surface area contributed by atoms with E-state index in [4.69, 9.17) is 21.6 Å². The second kappa shape index (κ2) is 9.16. The van der Waals surface area contributed by atoms with E-state index >= 15 is 0 Å². The topological polar surface area (TPSA) is 65.4 Å². The lowest BCUT2D eigenvalue weighted by Crippen LogP contribution is -2.31. The number of nitrogens with zero attached hydrogens (tertiary/aromatic N) is 2. The maximum Gasteiger partial charge on any atom is 0.417 e. The van der Waals surface area contributed by atoms with Gasteiger partial charge in [-0.2, -0.15) is 18.4 Å². The van der Waals surface area contributed by atoms with Crippen molar-refractivity contribution in [3.63, 3.8) is 0 Å². The maximum atomic E-state index is 13.3. The van der Waals surface area contributed by atoms with Gasteiger partial charge in [0, 0.05) is 31.8 Å². The molecule has 1 fully saturated rings. The van der Waals surface area contributed by atoms with E-state index in [1.54, 1.807) is 23.1 Å². The van der Waals surface area contributed by atoms with E-state index in [0.29, 0.717) is 22.9 Å². The number of hydrogen-bond acceptors (Lipinski definition) is 4. The molecule has 2 atom stereocenters. The summed E-state index contributed by atoms with van der Waals surface area (Å²) in [4.78, 5) is 14.7. The fraction of sp³-hybridized carbons (Fsp3) is 0.364. The highest BCUT2D eigenvalue weighted by Crippen LogP contribution is 2.37. The number of carbonyl (C=O) groups excluding carboxylic acids is 1. The number of methoxy groups -OCH3 is 1. The summed E-state index contributed by atoms with van der Waals surface area (Å²) in [6.45, 7) is 2.72. The molecule has 0 aliphatic carbocycles. The first kappa shape index (κ1) is 22.9. The Bertz CT molecular complexity index is 1020. The van der Waals surface area contributed by atoms with Crippen LogP contribution in [0.3, 0.4) is 0 Å². The molecule has 0 unspecified atom stereocenters. The monoisotopic (exact) mass is 451 g/mol. The molecular formula is C22H21ClF3N3O2. The van der Waals surface area contributed by atoms with E-state index in [-0.39, 0.29) is 25.0 Å². The minimum atomic E-state index is -4.65. The van der Waals surface area contributed by atoms with Gasteiger partial charge in [0.15, 0.2) is 0 Å². The van der Waals surface area contributed by atoms with Crippen LogP contribution in [0, 0.1) is 30.1 Å². The number of carbonyl (C=O) groups is 1. The summed E-state index contributed by atoms with van der Waals surface area (Å²) in [6.07, 6.45) is -4.65. The standard InChI is InChI=1S/C22H21ClF3N3O2/c1-13-3-6-20(19(23)7-13)28-21(30)17-11-29(10-15(17)12-31-2)16-5-4-14(9-27)18(8-16)22(24,25)26/h3-8,15,17H,10-12H2,1-2H3,(H,28,30)/t15-,17+/m1/s1. The van der Waals surface area contributed by atoms with Crippen LogP contribution in [0.15, 0.2) is 36.4 Å². The molecule has 2 aromatic rings. The highest BCUT2D eigenvalue weighted by molar-refractivity contribution is 6.33. The van der Waals surface area contributed by atoms with Gasteiger partial charge < -0.3 is 15.0 Å². The van der Waals surface area contributed by atoms with E-state index in [9.17, 15) is 18.0 Å². The molecule has 1 aliphatic heterocycles. The average Bonchev–Trinajstić information content (AvgIpc) is 3.13. The van der Waals surface area contributed by atoms with Crippen LogP contribution in [0.2, 0.25) is 5.02 Å². The summed E-state index contributed by atoms with van der Waals surface area (Å²) in [5.74, 6) is -1.01. The zero-order chi connectivity index (χ0) is 22.8. The normalized spacial score (nSPS) is 18.7. The lowest BCUT2D eigenvalue weighted by molar-refractivity contribution is -0.137. The summed E-state index contributed by atoms with van der Waals surface area (Å²) in [7, 11) is 1.51. The van der Waals surface area contributed by atoms with Crippen LogP contribution in [-0.4, -0.2) is 32.7 Å². The largest absolute Gasteiger partial charge is 0.417 e. The fourth-order valence-electron chi connectivity index (χ4n) is 3.77. The number of ether oxygens (including phenoxy) is 1. The first-order chi connectivity index (χ1) is 14.6. The van der Waals surface area contributed by atoms with E-state index in [1.807, 2.05) is 13.0 Å². The number of anilines is 2. The maximum absolute atomic E-state index is 13.3. The number of hydrogen-bond donors (Lipinski definition) is 1. The molecule has 0 aromatic heterocycles. The second-order valence-electron chi connectivity index (χ2n) is 7.54. The molecule has 1 heterocycles. The van der Waals surface area contributed by atoms with E-state index in [0.717, 1.165) is 17.7 Å². The molecule has 0 bridgehead atoms. The van der Waals surface area contributed by atoms with Crippen molar-refractivity contribution in [2.24, 2.45) is 11.8 Å². The SMILES string of the molecule is COC[C@H]1CN(c2ccc(C#N)c(C(F)(F)F)c2)C[C@@H]1C(=O)Nc1ccc(C)cc1Cl. The molecular weight excluding hydrogens is 431 g/mol. The van der Waals surface area contributed by atoms with Crippen LogP contribution in [-0.2, 0) is 15.7 Å². The summed E-state index contributed by atoms with van der Waals surface area (Å²) in [5, 5.41) is 12.2. The van der Waals surface area contributed by atoms with E-state index < -0.39 is 23.2 Å². The zero-order valence-electron chi connectivity index (χ0n) is 17.0. The van der Waals surface area contributed by atoms with Gasteiger partial charge in [0.05, 0.1) is 40.4 Å². The number of benzene rings is 2. The Labute approximate surface area is 183 Å². The first-order valence-electron chi connectivity index (χ1n) is 9.56. The number of nitriles is 1. The molecule has 9 heteroatoms. The quantitative estimate of drug-likeness (QED) is 0.704. The van der Waals surface area contributed by atoms with Gasteiger partial charge in [-0.25, -0.2) is 0 Å². The van der Waals surface area contributed by atoms with Crippen molar-refractivity contribution in [3.8, 4) is 6.07 Å². The minimum absolute atomic E-state index is 0.215. The summed E-state index contributed by atoms with van der Waals surface area (Å²) in [6, 6.07) is 10.4. The Balaban J connectivity index is 1.84. The number of aryl methyl sites for hydroxylation is 1. The molecule has 2 aromatic carbocycles. The highest BCUT2D eigenvalue weighted by Gasteiger charge is 2.39. The van der Waals surface area contributed by atoms with Crippen LogP contribution < -0.4 is 10.2 Å². The third kappa shape index (κ3) is 5.12. The van der Waals surface area contributed by atoms with Crippen LogP contribution in [0.4, 0.5) is 24.5 Å². The van der Waals surface area contributed by atoms with Gasteiger partial charge in [-0.1, -0.05) is 17.7 Å². The van der Waals surface area contributed by atoms with Crippen LogP contribution in [0.25, 0.3) is 0 Å². The van der Waals surface area contributed by atoms with Gasteiger partial charge in [-0.05, 0) is 42.8 Å². The number of alkyl halides is 3. The third-order valence-electron chi connectivity index (χ3n) is 5.34. The Morgan fingerprint density at radius 1 is 1.29 bits per heavy atom. The van der Waals surface area contributed by atoms with Gasteiger partial charge in [0.2, 0.25) is 5.91 Å². The third-order valence-corrected chi connectivity index (χ3v) is 5.65. The van der Waals surface area contributed by atoms with Gasteiger partial charge in [0.1, 0.15) is 0 Å². The van der Waals surface area contributed by atoms with Gasteiger partial charge >= 0.3 is 6.18 Å². The Morgan fingerprint density at radius 3 is 2.65 bits per heavy atom. The van der Waals surface area contributed by atoms with Gasteiger partial charge in [-0.15, -0.1) is 0 Å². The summed E-state index contributed by atoms with van der Waals surface area (Å²) >= 11 is 6.21. The second-order valence-corrected chi connectivity index (χ2v) is 7.95. The smallest absolute Gasteiger partial charge is 0.384 e. The molecule has 1 aliphatic rings. The molecule has 0 spiro atoms. The number of nitrogens with one attached hydrogen (secondary N) is 1. The molecule has 0 saturated carbocycles. The lowest BCUT2D eigenvalue weighted by atomic mass is 9.96. The molecule has 3 rings (SSSR count). The van der Waals surface area contributed by atoms with Crippen molar-refractivity contribution in [3.05, 3.63) is 58.1 Å². The molecule has 1 saturated heterocycles. The van der Waals surface area contributed by atoms with Gasteiger partial charge in [-0.3, -0.25) is 4.79 Å². The first-order valence-corrected chi connectivity index (χ1v) is 9.94. The summed E-state index contributed by atoms with van der Waals surface area (Å²) < 4.78 is 45.3. The van der Waals surface area contributed by atoms with Crippen LogP contribution in [0.1, 0.15) is 16.7 Å². The predicted molar refractivity (Wildman–Crippen MR) is 112 cm³/mol. The van der Waals surface area contributed by atoms with Crippen molar-refractivity contribution in [1.29, 1.82) is 5.26 Å². The molecule has 164 valence electrons. The number of amides is 1.